The lowest BCUT2D eigenvalue weighted by atomic mass is 10.1. The Bertz CT molecular complexity index is 846. The molecule has 0 unspecified atom stereocenters. The monoisotopic (exact) mass is 293 g/mol. The van der Waals surface area contributed by atoms with Gasteiger partial charge in [0.1, 0.15) is 11.6 Å². The van der Waals surface area contributed by atoms with Crippen molar-refractivity contribution in [2.24, 2.45) is 0 Å². The maximum absolute atomic E-state index is 11.4. The van der Waals surface area contributed by atoms with Crippen molar-refractivity contribution >= 4 is 28.4 Å². The van der Waals surface area contributed by atoms with Crippen molar-refractivity contribution in [2.45, 2.75) is 0 Å². The van der Waals surface area contributed by atoms with E-state index in [0.717, 1.165) is 0 Å². The van der Waals surface area contributed by atoms with Crippen LogP contribution in [0.1, 0.15) is 10.4 Å². The highest BCUT2D eigenvalue weighted by Gasteiger charge is 2.08. The van der Waals surface area contributed by atoms with Crippen molar-refractivity contribution in [1.82, 2.24) is 4.98 Å². The normalized spacial score (nSPS) is 10.4. The van der Waals surface area contributed by atoms with E-state index in [1.807, 2.05) is 24.3 Å². The van der Waals surface area contributed by atoms with Gasteiger partial charge in [-0.3, -0.25) is 0 Å². The van der Waals surface area contributed by atoms with Crippen LogP contribution in [0.25, 0.3) is 10.9 Å². The number of rotatable bonds is 4. The standard InChI is InChI=1S/C17H14N2O3/c1-22-15-9-5-4-8-14(15)19-16-10-12(17(20)21)11-6-2-3-7-13(11)18-16/h2-10H,1H3,(H,18,19)(H,20,21)/p-1. The lowest BCUT2D eigenvalue weighted by Crippen LogP contribution is -2.22. The number of pyridine rings is 1. The molecule has 5 nitrogen and oxygen atoms in total. The lowest BCUT2D eigenvalue weighted by molar-refractivity contribution is -0.254. The quantitative estimate of drug-likeness (QED) is 0.799. The zero-order valence-electron chi connectivity index (χ0n) is 11.9. The number of ether oxygens (including phenoxy) is 1. The number of carboxylic acid groups (broad SMARTS) is 1. The maximum Gasteiger partial charge on any atom is 0.142 e. The van der Waals surface area contributed by atoms with E-state index < -0.39 is 5.97 Å². The molecule has 0 aliphatic rings. The topological polar surface area (TPSA) is 74.3 Å². The number of aromatic nitrogens is 1. The van der Waals surface area contributed by atoms with Crippen LogP contribution < -0.4 is 15.2 Å². The Morgan fingerprint density at radius 2 is 1.86 bits per heavy atom. The minimum absolute atomic E-state index is 0.1000. The molecule has 0 aliphatic heterocycles. The van der Waals surface area contributed by atoms with E-state index in [2.05, 4.69) is 10.3 Å². The molecule has 0 amide bonds. The molecule has 0 spiro atoms. The number of aromatic carboxylic acids is 1. The number of nitrogens with zero attached hydrogens (tertiary/aromatic N) is 1. The van der Waals surface area contributed by atoms with Gasteiger partial charge < -0.3 is 20.0 Å². The van der Waals surface area contributed by atoms with Crippen molar-refractivity contribution < 1.29 is 14.6 Å². The average Bonchev–Trinajstić information content (AvgIpc) is 2.54. The molecular weight excluding hydrogens is 280 g/mol. The average molecular weight is 293 g/mol. The van der Waals surface area contributed by atoms with Gasteiger partial charge in [0.25, 0.3) is 0 Å². The SMILES string of the molecule is COc1ccccc1Nc1cc(C(=O)[O-])c2ccccc2n1. The third kappa shape index (κ3) is 2.56. The van der Waals surface area contributed by atoms with E-state index in [9.17, 15) is 9.90 Å². The molecule has 0 bridgehead atoms. The smallest absolute Gasteiger partial charge is 0.142 e. The number of para-hydroxylation sites is 3. The van der Waals surface area contributed by atoms with Gasteiger partial charge in [0.05, 0.1) is 24.3 Å². The first-order chi connectivity index (χ1) is 10.7. The molecule has 0 saturated heterocycles. The van der Waals surface area contributed by atoms with Crippen molar-refractivity contribution in [3.63, 3.8) is 0 Å². The molecule has 5 heteroatoms. The fraction of sp³-hybridized carbons (Fsp3) is 0.0588. The summed E-state index contributed by atoms with van der Waals surface area (Å²) in [5.41, 5.74) is 1.39. The minimum atomic E-state index is -1.23. The molecular formula is C17H13N2O3-. The number of hydrogen-bond donors (Lipinski definition) is 1. The summed E-state index contributed by atoms with van der Waals surface area (Å²) in [6.07, 6.45) is 0. The second-order valence-electron chi connectivity index (χ2n) is 4.68. The van der Waals surface area contributed by atoms with Crippen LogP contribution in [0.4, 0.5) is 11.5 Å². The van der Waals surface area contributed by atoms with Crippen molar-refractivity contribution in [2.75, 3.05) is 12.4 Å². The van der Waals surface area contributed by atoms with Crippen LogP contribution in [-0.2, 0) is 0 Å². The highest BCUT2D eigenvalue weighted by Crippen LogP contribution is 2.28. The number of methoxy groups -OCH3 is 1. The number of anilines is 2. The van der Waals surface area contributed by atoms with E-state index in [1.165, 1.54) is 6.07 Å². The second-order valence-corrected chi connectivity index (χ2v) is 4.68. The highest BCUT2D eigenvalue weighted by atomic mass is 16.5. The summed E-state index contributed by atoms with van der Waals surface area (Å²) in [5.74, 6) is -0.170. The largest absolute Gasteiger partial charge is 0.545 e. The number of hydrogen-bond acceptors (Lipinski definition) is 5. The zero-order chi connectivity index (χ0) is 15.5. The number of fused-ring (bicyclic) bond motifs is 1. The molecule has 22 heavy (non-hydrogen) atoms. The molecule has 0 aliphatic carbocycles. The number of carboxylic acids is 1. The molecule has 0 fully saturated rings. The summed E-state index contributed by atoms with van der Waals surface area (Å²) >= 11 is 0. The summed E-state index contributed by atoms with van der Waals surface area (Å²) < 4.78 is 5.26. The van der Waals surface area contributed by atoms with E-state index >= 15 is 0 Å². The Labute approximate surface area is 127 Å². The maximum atomic E-state index is 11.4. The van der Waals surface area contributed by atoms with Crippen molar-refractivity contribution in [1.29, 1.82) is 0 Å². The Kier molecular flexibility index (Phi) is 3.62. The molecule has 1 aromatic heterocycles. The van der Waals surface area contributed by atoms with E-state index in [1.54, 1.807) is 31.4 Å². The molecule has 0 saturated carbocycles. The second kappa shape index (κ2) is 5.73. The number of benzene rings is 2. The zero-order valence-corrected chi connectivity index (χ0v) is 11.9. The molecule has 110 valence electrons. The van der Waals surface area contributed by atoms with Crippen LogP contribution >= 0.6 is 0 Å². The summed E-state index contributed by atoms with van der Waals surface area (Å²) in [7, 11) is 1.57. The van der Waals surface area contributed by atoms with Gasteiger partial charge in [-0.15, -0.1) is 0 Å². The molecule has 3 aromatic rings. The van der Waals surface area contributed by atoms with Crippen LogP contribution in [0, 0.1) is 0 Å². The minimum Gasteiger partial charge on any atom is -0.545 e. The molecule has 2 aromatic carbocycles. The van der Waals surface area contributed by atoms with Crippen LogP contribution in [-0.4, -0.2) is 18.1 Å². The van der Waals surface area contributed by atoms with E-state index in [0.29, 0.717) is 28.2 Å². The first kappa shape index (κ1) is 13.9. The van der Waals surface area contributed by atoms with Crippen molar-refractivity contribution in [3.05, 3.63) is 60.2 Å². The predicted molar refractivity (Wildman–Crippen MR) is 82.4 cm³/mol. The Hall–Kier alpha value is -3.08. The van der Waals surface area contributed by atoms with Gasteiger partial charge in [-0.2, -0.15) is 0 Å². The van der Waals surface area contributed by atoms with Gasteiger partial charge in [0.2, 0.25) is 0 Å². The van der Waals surface area contributed by atoms with E-state index in [-0.39, 0.29) is 5.56 Å². The molecule has 1 heterocycles. The van der Waals surface area contributed by atoms with Crippen LogP contribution in [0.2, 0.25) is 0 Å². The van der Waals surface area contributed by atoms with Crippen LogP contribution in [0.5, 0.6) is 5.75 Å². The fourth-order valence-electron chi connectivity index (χ4n) is 2.29. The van der Waals surface area contributed by atoms with Gasteiger partial charge >= 0.3 is 0 Å². The van der Waals surface area contributed by atoms with E-state index in [4.69, 9.17) is 4.74 Å². The molecule has 0 radical (unpaired) electrons. The number of carbonyl (C=O) groups excluding carboxylic acids is 1. The van der Waals surface area contributed by atoms with Gasteiger partial charge in [0.15, 0.2) is 0 Å². The van der Waals surface area contributed by atoms with Gasteiger partial charge in [-0.05, 0) is 24.3 Å². The Balaban J connectivity index is 2.10. The van der Waals surface area contributed by atoms with Crippen molar-refractivity contribution in [3.8, 4) is 5.75 Å². The molecule has 1 N–H and O–H groups in total. The third-order valence-corrected chi connectivity index (χ3v) is 3.31. The Morgan fingerprint density at radius 1 is 1.14 bits per heavy atom. The highest BCUT2D eigenvalue weighted by molar-refractivity contribution is 6.02. The summed E-state index contributed by atoms with van der Waals surface area (Å²) in [5, 5.41) is 15.0. The van der Waals surface area contributed by atoms with Gasteiger partial charge in [-0.25, -0.2) is 4.98 Å². The van der Waals surface area contributed by atoms with Crippen LogP contribution in [0.3, 0.4) is 0 Å². The van der Waals surface area contributed by atoms with Gasteiger partial charge in [0, 0.05) is 10.9 Å². The number of carbonyl (C=O) groups is 1. The predicted octanol–water partition coefficient (Wildman–Crippen LogP) is 2.35. The first-order valence-electron chi connectivity index (χ1n) is 6.70. The van der Waals surface area contributed by atoms with Crippen LogP contribution in [0.15, 0.2) is 54.6 Å². The number of nitrogens with one attached hydrogen (secondary N) is 1. The van der Waals surface area contributed by atoms with Gasteiger partial charge in [-0.1, -0.05) is 30.3 Å². The lowest BCUT2D eigenvalue weighted by Gasteiger charge is -2.13. The summed E-state index contributed by atoms with van der Waals surface area (Å²) in [4.78, 5) is 15.8. The Morgan fingerprint density at radius 3 is 2.64 bits per heavy atom. The summed E-state index contributed by atoms with van der Waals surface area (Å²) in [6, 6.07) is 15.8. The molecule has 3 rings (SSSR count). The molecule has 0 atom stereocenters. The first-order valence-corrected chi connectivity index (χ1v) is 6.70. The third-order valence-electron chi connectivity index (χ3n) is 3.31. The summed E-state index contributed by atoms with van der Waals surface area (Å²) in [6.45, 7) is 0. The fourth-order valence-corrected chi connectivity index (χ4v) is 2.29.